The molecule has 0 aliphatic heterocycles. The lowest BCUT2D eigenvalue weighted by Gasteiger charge is -2.26. The molecule has 1 rings (SSSR count). The number of esters is 1. The van der Waals surface area contributed by atoms with Crippen LogP contribution in [0.4, 0.5) is 0 Å². The van der Waals surface area contributed by atoms with Crippen molar-refractivity contribution in [2.24, 2.45) is 0 Å². The van der Waals surface area contributed by atoms with Crippen molar-refractivity contribution in [1.82, 2.24) is 0 Å². The lowest BCUT2D eigenvalue weighted by atomic mass is 9.80. The van der Waals surface area contributed by atoms with Crippen LogP contribution in [0.3, 0.4) is 0 Å². The van der Waals surface area contributed by atoms with Crippen LogP contribution in [0.2, 0.25) is 0 Å². The molecular weight excluding hydrogens is 256 g/mol. The Labute approximate surface area is 121 Å². The standard InChI is InChI=1S/C13H18O3.C3H8O/c1-3-16-12(15)13(2,9-10-14)11-7-5-4-6-8-11;1-3-4-2/h4-8,14H,3,9-10H2,1-2H3;3H2,1-2H3. The molecule has 0 spiro atoms. The summed E-state index contributed by atoms with van der Waals surface area (Å²) in [6.07, 6.45) is 0.371. The van der Waals surface area contributed by atoms with Crippen molar-refractivity contribution in [2.75, 3.05) is 26.9 Å². The molecule has 0 aliphatic carbocycles. The number of benzene rings is 1. The second kappa shape index (κ2) is 10.4. The van der Waals surface area contributed by atoms with Gasteiger partial charge in [-0.05, 0) is 32.8 Å². The smallest absolute Gasteiger partial charge is 0.316 e. The van der Waals surface area contributed by atoms with Gasteiger partial charge >= 0.3 is 5.97 Å². The Morgan fingerprint density at radius 1 is 1.20 bits per heavy atom. The normalized spacial score (nSPS) is 12.8. The van der Waals surface area contributed by atoms with Crippen molar-refractivity contribution in [3.8, 4) is 0 Å². The van der Waals surface area contributed by atoms with Gasteiger partial charge in [-0.25, -0.2) is 0 Å². The van der Waals surface area contributed by atoms with Crippen LogP contribution in [-0.2, 0) is 19.7 Å². The Morgan fingerprint density at radius 2 is 1.75 bits per heavy atom. The topological polar surface area (TPSA) is 55.8 Å². The fraction of sp³-hybridized carbons (Fsp3) is 0.562. The van der Waals surface area contributed by atoms with Crippen LogP contribution in [0.1, 0.15) is 32.8 Å². The van der Waals surface area contributed by atoms with Crippen LogP contribution < -0.4 is 0 Å². The van der Waals surface area contributed by atoms with E-state index in [2.05, 4.69) is 4.74 Å². The zero-order chi connectivity index (χ0) is 15.4. The average Bonchev–Trinajstić information content (AvgIpc) is 2.48. The zero-order valence-electron chi connectivity index (χ0n) is 12.9. The molecule has 1 unspecified atom stereocenters. The van der Waals surface area contributed by atoms with E-state index in [1.807, 2.05) is 37.3 Å². The molecule has 0 amide bonds. The van der Waals surface area contributed by atoms with Gasteiger partial charge in [0.25, 0.3) is 0 Å². The largest absolute Gasteiger partial charge is 0.465 e. The Bertz CT molecular complexity index is 362. The molecule has 0 aliphatic rings. The number of aliphatic hydroxyl groups excluding tert-OH is 1. The van der Waals surface area contributed by atoms with Gasteiger partial charge in [-0.2, -0.15) is 0 Å². The Kier molecular flexibility index (Phi) is 9.68. The third-order valence-corrected chi connectivity index (χ3v) is 3.04. The Hall–Kier alpha value is -1.39. The first-order valence-electron chi connectivity index (χ1n) is 6.89. The number of hydrogen-bond donors (Lipinski definition) is 1. The molecule has 1 aromatic rings. The molecule has 0 saturated carbocycles. The molecule has 4 nitrogen and oxygen atoms in total. The first kappa shape index (κ1) is 18.6. The lowest BCUT2D eigenvalue weighted by Crippen LogP contribution is -2.35. The summed E-state index contributed by atoms with van der Waals surface area (Å²) in [5.41, 5.74) is 0.119. The van der Waals surface area contributed by atoms with E-state index >= 15 is 0 Å². The van der Waals surface area contributed by atoms with Gasteiger partial charge in [0.2, 0.25) is 0 Å². The molecule has 114 valence electrons. The summed E-state index contributed by atoms with van der Waals surface area (Å²) in [5.74, 6) is -0.282. The van der Waals surface area contributed by atoms with Crippen molar-refractivity contribution >= 4 is 5.97 Å². The van der Waals surface area contributed by atoms with Crippen molar-refractivity contribution in [2.45, 2.75) is 32.6 Å². The first-order valence-corrected chi connectivity index (χ1v) is 6.89. The monoisotopic (exact) mass is 282 g/mol. The summed E-state index contributed by atoms with van der Waals surface area (Å²) >= 11 is 0. The van der Waals surface area contributed by atoms with Crippen molar-refractivity contribution in [3.05, 3.63) is 35.9 Å². The molecule has 0 aromatic heterocycles. The second-order valence-corrected chi connectivity index (χ2v) is 4.47. The van der Waals surface area contributed by atoms with E-state index in [-0.39, 0.29) is 12.6 Å². The maximum absolute atomic E-state index is 11.9. The van der Waals surface area contributed by atoms with E-state index in [1.165, 1.54) is 0 Å². The van der Waals surface area contributed by atoms with Crippen molar-refractivity contribution in [3.63, 3.8) is 0 Å². The molecular formula is C16H26O4. The summed E-state index contributed by atoms with van der Waals surface area (Å²) in [5, 5.41) is 9.07. The minimum Gasteiger partial charge on any atom is -0.465 e. The van der Waals surface area contributed by atoms with Crippen molar-refractivity contribution in [1.29, 1.82) is 0 Å². The fourth-order valence-electron chi connectivity index (χ4n) is 1.68. The molecule has 0 heterocycles. The molecule has 4 heteroatoms. The number of aliphatic hydroxyl groups is 1. The molecule has 1 N–H and O–H groups in total. The minimum absolute atomic E-state index is 0.0375. The molecule has 0 saturated heterocycles. The molecule has 1 aromatic carbocycles. The van der Waals surface area contributed by atoms with Crippen LogP contribution in [-0.4, -0.2) is 38.0 Å². The van der Waals surface area contributed by atoms with Gasteiger partial charge in [0.1, 0.15) is 0 Å². The van der Waals surface area contributed by atoms with Crippen LogP contribution in [0, 0.1) is 0 Å². The predicted octanol–water partition coefficient (Wildman–Crippen LogP) is 2.54. The summed E-state index contributed by atoms with van der Waals surface area (Å²) in [4.78, 5) is 11.9. The van der Waals surface area contributed by atoms with Gasteiger partial charge < -0.3 is 14.6 Å². The maximum atomic E-state index is 11.9. The highest BCUT2D eigenvalue weighted by atomic mass is 16.5. The summed E-state index contributed by atoms with van der Waals surface area (Å²) < 4.78 is 9.61. The maximum Gasteiger partial charge on any atom is 0.316 e. The van der Waals surface area contributed by atoms with Crippen LogP contribution in [0.15, 0.2) is 30.3 Å². The second-order valence-electron chi connectivity index (χ2n) is 4.47. The van der Waals surface area contributed by atoms with E-state index in [1.54, 1.807) is 21.0 Å². The van der Waals surface area contributed by atoms with Crippen LogP contribution in [0.5, 0.6) is 0 Å². The number of hydrogen-bond acceptors (Lipinski definition) is 4. The lowest BCUT2D eigenvalue weighted by molar-refractivity contribution is -0.150. The van der Waals surface area contributed by atoms with E-state index in [0.29, 0.717) is 13.0 Å². The third kappa shape index (κ3) is 5.72. The van der Waals surface area contributed by atoms with Gasteiger partial charge in [0, 0.05) is 20.3 Å². The number of rotatable bonds is 6. The number of methoxy groups -OCH3 is 1. The summed E-state index contributed by atoms with van der Waals surface area (Å²) in [7, 11) is 1.68. The van der Waals surface area contributed by atoms with E-state index < -0.39 is 5.41 Å². The van der Waals surface area contributed by atoms with Gasteiger partial charge in [-0.15, -0.1) is 0 Å². The molecule has 1 atom stereocenters. The zero-order valence-corrected chi connectivity index (χ0v) is 12.9. The number of carbonyl (C=O) groups is 1. The molecule has 0 fully saturated rings. The van der Waals surface area contributed by atoms with Gasteiger partial charge in [-0.3, -0.25) is 4.79 Å². The van der Waals surface area contributed by atoms with Crippen LogP contribution in [0.25, 0.3) is 0 Å². The van der Waals surface area contributed by atoms with Gasteiger partial charge in [0.15, 0.2) is 0 Å². The number of ether oxygens (including phenoxy) is 2. The van der Waals surface area contributed by atoms with Gasteiger partial charge in [0.05, 0.1) is 12.0 Å². The fourth-order valence-corrected chi connectivity index (χ4v) is 1.68. The molecule has 0 bridgehead atoms. The van der Waals surface area contributed by atoms with Crippen LogP contribution >= 0.6 is 0 Å². The first-order chi connectivity index (χ1) is 9.56. The average molecular weight is 282 g/mol. The minimum atomic E-state index is -0.758. The van der Waals surface area contributed by atoms with E-state index in [0.717, 1.165) is 12.2 Å². The highest BCUT2D eigenvalue weighted by Crippen LogP contribution is 2.28. The summed E-state index contributed by atoms with van der Waals surface area (Å²) in [6.45, 7) is 6.68. The highest BCUT2D eigenvalue weighted by Gasteiger charge is 2.35. The van der Waals surface area contributed by atoms with E-state index in [9.17, 15) is 4.79 Å². The Balaban J connectivity index is 0.000000796. The SMILES string of the molecule is CCOC.CCOC(=O)C(C)(CCO)c1ccccc1. The van der Waals surface area contributed by atoms with Gasteiger partial charge in [-0.1, -0.05) is 30.3 Å². The predicted molar refractivity (Wildman–Crippen MR) is 79.7 cm³/mol. The summed E-state index contributed by atoms with van der Waals surface area (Å²) in [6, 6.07) is 9.42. The van der Waals surface area contributed by atoms with Crippen molar-refractivity contribution < 1.29 is 19.4 Å². The third-order valence-electron chi connectivity index (χ3n) is 3.04. The molecule has 0 radical (unpaired) electrons. The highest BCUT2D eigenvalue weighted by molar-refractivity contribution is 5.82. The molecule has 20 heavy (non-hydrogen) atoms. The Morgan fingerprint density at radius 3 is 2.15 bits per heavy atom. The van der Waals surface area contributed by atoms with E-state index in [4.69, 9.17) is 9.84 Å². The number of carbonyl (C=O) groups excluding carboxylic acids is 1. The quantitative estimate of drug-likeness (QED) is 0.815.